The molecule has 1 atom stereocenters. The smallest absolute Gasteiger partial charge is 0.224 e. The quantitative estimate of drug-likeness (QED) is 0.821. The average molecular weight is 272 g/mol. The van der Waals surface area contributed by atoms with Gasteiger partial charge in [0.15, 0.2) is 0 Å². The van der Waals surface area contributed by atoms with Crippen LogP contribution in [0, 0.1) is 5.92 Å². The van der Waals surface area contributed by atoms with E-state index >= 15 is 0 Å². The number of nitrogens with one attached hydrogen (secondary N) is 1. The third-order valence-electron chi connectivity index (χ3n) is 4.05. The van der Waals surface area contributed by atoms with Gasteiger partial charge < -0.3 is 15.0 Å². The Morgan fingerprint density at radius 1 is 1.32 bits per heavy atom. The fourth-order valence-corrected chi connectivity index (χ4v) is 2.92. The van der Waals surface area contributed by atoms with Crippen LogP contribution in [-0.2, 0) is 9.53 Å². The Bertz CT molecular complexity index is 283. The Labute approximate surface area is 114 Å². The Morgan fingerprint density at radius 2 is 2.11 bits per heavy atom. The molecule has 2 aliphatic rings. The normalized spacial score (nSPS) is 26.3. The van der Waals surface area contributed by atoms with Crippen molar-refractivity contribution in [1.29, 1.82) is 0 Å². The molecule has 0 aromatic rings. The van der Waals surface area contributed by atoms with Crippen molar-refractivity contribution in [2.75, 3.05) is 39.5 Å². The second-order valence-corrected chi connectivity index (χ2v) is 5.58. The van der Waals surface area contributed by atoms with Crippen LogP contribution in [0.15, 0.2) is 0 Å². The average Bonchev–Trinajstić information content (AvgIpc) is 2.46. The Kier molecular flexibility index (Phi) is 6.04. The fourth-order valence-electron chi connectivity index (χ4n) is 2.92. The van der Waals surface area contributed by atoms with Gasteiger partial charge in [0.25, 0.3) is 0 Å². The molecule has 5 heteroatoms. The number of amides is 1. The van der Waals surface area contributed by atoms with Crippen LogP contribution in [0.3, 0.4) is 0 Å². The van der Waals surface area contributed by atoms with E-state index in [0.717, 1.165) is 58.5 Å². The topological polar surface area (TPSA) is 41.6 Å². The summed E-state index contributed by atoms with van der Waals surface area (Å²) >= 11 is 0. The van der Waals surface area contributed by atoms with Crippen molar-refractivity contribution in [1.82, 2.24) is 10.2 Å². The molecule has 2 rings (SSSR count). The predicted molar refractivity (Wildman–Crippen MR) is 71.7 cm³/mol. The van der Waals surface area contributed by atoms with Gasteiger partial charge in [-0.05, 0) is 38.6 Å². The van der Waals surface area contributed by atoms with Gasteiger partial charge >= 0.3 is 0 Å². The van der Waals surface area contributed by atoms with Crippen LogP contribution >= 0.6 is 0 Å². The minimum atomic E-state index is -0.268. The maximum Gasteiger partial charge on any atom is 0.224 e. The molecule has 2 aliphatic heterocycles. The van der Waals surface area contributed by atoms with E-state index in [9.17, 15) is 9.18 Å². The van der Waals surface area contributed by atoms with Crippen LogP contribution in [0.4, 0.5) is 4.39 Å². The summed E-state index contributed by atoms with van der Waals surface area (Å²) in [5, 5.41) is 3.15. The molecule has 0 aromatic carbocycles. The molecule has 2 fully saturated rings. The molecule has 110 valence electrons. The van der Waals surface area contributed by atoms with Crippen molar-refractivity contribution in [3.8, 4) is 0 Å². The van der Waals surface area contributed by atoms with Crippen LogP contribution < -0.4 is 5.32 Å². The summed E-state index contributed by atoms with van der Waals surface area (Å²) < 4.78 is 17.5. The summed E-state index contributed by atoms with van der Waals surface area (Å²) in [4.78, 5) is 14.5. The minimum Gasteiger partial charge on any atom is -0.381 e. The summed E-state index contributed by atoms with van der Waals surface area (Å²) in [7, 11) is 0. The molecular formula is C14H25FN2O2. The lowest BCUT2D eigenvalue weighted by molar-refractivity contribution is -0.128. The highest BCUT2D eigenvalue weighted by Crippen LogP contribution is 2.18. The standard InChI is InChI=1S/C14H25FN2O2/c15-6-2-8-17-7-1-3-12(11-17)14(18)16-13-4-9-19-10-5-13/h12-13H,1-11H2,(H,16,18). The summed E-state index contributed by atoms with van der Waals surface area (Å²) in [6.45, 7) is 3.79. The molecule has 1 unspecified atom stereocenters. The number of nitrogens with zero attached hydrogens (tertiary/aromatic N) is 1. The fraction of sp³-hybridized carbons (Fsp3) is 0.929. The lowest BCUT2D eigenvalue weighted by atomic mass is 9.96. The zero-order valence-electron chi connectivity index (χ0n) is 11.6. The number of ether oxygens (including phenoxy) is 1. The van der Waals surface area contributed by atoms with Crippen LogP contribution in [0.5, 0.6) is 0 Å². The van der Waals surface area contributed by atoms with Gasteiger partial charge in [-0.25, -0.2) is 0 Å². The Morgan fingerprint density at radius 3 is 2.84 bits per heavy atom. The number of hydrogen-bond acceptors (Lipinski definition) is 3. The van der Waals surface area contributed by atoms with E-state index in [-0.39, 0.29) is 24.5 Å². The van der Waals surface area contributed by atoms with Crippen LogP contribution in [-0.4, -0.2) is 56.4 Å². The lowest BCUT2D eigenvalue weighted by Crippen LogP contribution is -2.47. The van der Waals surface area contributed by atoms with Crippen molar-refractivity contribution in [2.45, 2.75) is 38.1 Å². The van der Waals surface area contributed by atoms with Crippen molar-refractivity contribution in [3.63, 3.8) is 0 Å². The van der Waals surface area contributed by atoms with Crippen molar-refractivity contribution >= 4 is 5.91 Å². The highest BCUT2D eigenvalue weighted by atomic mass is 19.1. The van der Waals surface area contributed by atoms with Crippen molar-refractivity contribution < 1.29 is 13.9 Å². The molecule has 0 bridgehead atoms. The second-order valence-electron chi connectivity index (χ2n) is 5.58. The Hall–Kier alpha value is -0.680. The minimum absolute atomic E-state index is 0.0798. The number of halogens is 1. The van der Waals surface area contributed by atoms with Gasteiger partial charge in [-0.15, -0.1) is 0 Å². The molecule has 1 amide bonds. The number of rotatable bonds is 5. The van der Waals surface area contributed by atoms with E-state index in [2.05, 4.69) is 10.2 Å². The van der Waals surface area contributed by atoms with E-state index < -0.39 is 0 Å². The number of carbonyl (C=O) groups is 1. The molecule has 0 aliphatic carbocycles. The molecule has 19 heavy (non-hydrogen) atoms. The number of piperidine rings is 1. The zero-order chi connectivity index (χ0) is 13.5. The SMILES string of the molecule is O=C(NC1CCOCC1)C1CCCN(CCCF)C1. The van der Waals surface area contributed by atoms with E-state index in [4.69, 9.17) is 4.74 Å². The van der Waals surface area contributed by atoms with E-state index in [1.807, 2.05) is 0 Å². The van der Waals surface area contributed by atoms with Gasteiger partial charge in [0.2, 0.25) is 5.91 Å². The van der Waals surface area contributed by atoms with Gasteiger partial charge in [-0.3, -0.25) is 9.18 Å². The van der Waals surface area contributed by atoms with Gasteiger partial charge in [-0.2, -0.15) is 0 Å². The summed E-state index contributed by atoms with van der Waals surface area (Å²) in [6, 6.07) is 0.280. The number of carbonyl (C=O) groups excluding carboxylic acids is 1. The summed E-state index contributed by atoms with van der Waals surface area (Å²) in [6.07, 6.45) is 4.42. The molecule has 4 nitrogen and oxygen atoms in total. The molecule has 2 heterocycles. The Balaban J connectivity index is 1.74. The van der Waals surface area contributed by atoms with Crippen LogP contribution in [0.2, 0.25) is 0 Å². The van der Waals surface area contributed by atoms with E-state index in [0.29, 0.717) is 6.42 Å². The molecule has 0 saturated carbocycles. The lowest BCUT2D eigenvalue weighted by Gasteiger charge is -2.33. The van der Waals surface area contributed by atoms with Crippen LogP contribution in [0.1, 0.15) is 32.1 Å². The first-order valence-electron chi connectivity index (χ1n) is 7.46. The molecule has 0 radical (unpaired) electrons. The van der Waals surface area contributed by atoms with E-state index in [1.165, 1.54) is 0 Å². The van der Waals surface area contributed by atoms with Crippen LogP contribution in [0.25, 0.3) is 0 Å². The van der Waals surface area contributed by atoms with Gasteiger partial charge in [-0.1, -0.05) is 0 Å². The van der Waals surface area contributed by atoms with Crippen molar-refractivity contribution in [3.05, 3.63) is 0 Å². The van der Waals surface area contributed by atoms with Gasteiger partial charge in [0.05, 0.1) is 12.6 Å². The second kappa shape index (κ2) is 7.80. The third-order valence-corrected chi connectivity index (χ3v) is 4.05. The molecule has 0 spiro atoms. The van der Waals surface area contributed by atoms with Gasteiger partial charge in [0, 0.05) is 32.3 Å². The largest absolute Gasteiger partial charge is 0.381 e. The van der Waals surface area contributed by atoms with Gasteiger partial charge in [0.1, 0.15) is 0 Å². The maximum absolute atomic E-state index is 12.2. The maximum atomic E-state index is 12.2. The highest BCUT2D eigenvalue weighted by Gasteiger charge is 2.27. The highest BCUT2D eigenvalue weighted by molar-refractivity contribution is 5.79. The number of alkyl halides is 1. The predicted octanol–water partition coefficient (Wildman–Crippen LogP) is 1.35. The number of hydrogen-bond donors (Lipinski definition) is 1. The first kappa shape index (κ1) is 14.7. The molecule has 0 aromatic heterocycles. The summed E-state index contributed by atoms with van der Waals surface area (Å²) in [5.74, 6) is 0.257. The first-order valence-corrected chi connectivity index (χ1v) is 7.46. The first-order chi connectivity index (χ1) is 9.29. The van der Waals surface area contributed by atoms with E-state index in [1.54, 1.807) is 0 Å². The number of likely N-dealkylation sites (tertiary alicyclic amines) is 1. The molecular weight excluding hydrogens is 247 g/mol. The zero-order valence-corrected chi connectivity index (χ0v) is 11.6. The van der Waals surface area contributed by atoms with Crippen molar-refractivity contribution in [2.24, 2.45) is 5.92 Å². The molecule has 2 saturated heterocycles. The monoisotopic (exact) mass is 272 g/mol. The summed E-state index contributed by atoms with van der Waals surface area (Å²) in [5.41, 5.74) is 0. The molecule has 1 N–H and O–H groups in total. The third kappa shape index (κ3) is 4.73.